The van der Waals surface area contributed by atoms with E-state index in [1.165, 1.54) is 6.42 Å². The fourth-order valence-electron chi connectivity index (χ4n) is 1.77. The monoisotopic (exact) mass is 243 g/mol. The molecule has 1 N–H and O–H groups in total. The molecule has 1 aliphatic rings. The molecule has 1 aromatic rings. The molecule has 0 saturated carbocycles. The lowest BCUT2D eigenvalue weighted by Gasteiger charge is -2.23. The SMILES string of the molecule is COc1ccc(OC2CCCNC2)cc1.Cl. The minimum atomic E-state index is 0. The lowest BCUT2D eigenvalue weighted by atomic mass is 10.1. The molecule has 3 nitrogen and oxygen atoms in total. The Balaban J connectivity index is 0.00000128. The van der Waals surface area contributed by atoms with Crippen molar-refractivity contribution in [2.45, 2.75) is 18.9 Å². The predicted octanol–water partition coefficient (Wildman–Crippen LogP) is 2.25. The number of ether oxygens (including phenoxy) is 2. The molecule has 90 valence electrons. The van der Waals surface area contributed by atoms with Crippen molar-refractivity contribution in [3.8, 4) is 11.5 Å². The smallest absolute Gasteiger partial charge is 0.120 e. The highest BCUT2D eigenvalue weighted by atomic mass is 35.5. The number of methoxy groups -OCH3 is 1. The Morgan fingerprint density at radius 1 is 1.19 bits per heavy atom. The quantitative estimate of drug-likeness (QED) is 0.883. The van der Waals surface area contributed by atoms with Crippen molar-refractivity contribution in [3.05, 3.63) is 24.3 Å². The van der Waals surface area contributed by atoms with Crippen molar-refractivity contribution in [2.24, 2.45) is 0 Å². The Bertz CT molecular complexity index is 296. The van der Waals surface area contributed by atoms with Gasteiger partial charge in [0.25, 0.3) is 0 Å². The maximum Gasteiger partial charge on any atom is 0.120 e. The number of hydrogen-bond acceptors (Lipinski definition) is 3. The summed E-state index contributed by atoms with van der Waals surface area (Å²) in [5, 5.41) is 3.33. The summed E-state index contributed by atoms with van der Waals surface area (Å²) in [7, 11) is 1.67. The first-order chi connectivity index (χ1) is 7.38. The van der Waals surface area contributed by atoms with Crippen molar-refractivity contribution in [1.82, 2.24) is 5.32 Å². The van der Waals surface area contributed by atoms with Crippen LogP contribution in [-0.4, -0.2) is 26.3 Å². The summed E-state index contributed by atoms with van der Waals surface area (Å²) in [6, 6.07) is 7.75. The summed E-state index contributed by atoms with van der Waals surface area (Å²) < 4.78 is 10.9. The van der Waals surface area contributed by atoms with E-state index < -0.39 is 0 Å². The molecule has 1 aromatic carbocycles. The van der Waals surface area contributed by atoms with Gasteiger partial charge in [-0.3, -0.25) is 0 Å². The first kappa shape index (κ1) is 13.1. The van der Waals surface area contributed by atoms with E-state index in [9.17, 15) is 0 Å². The molecule has 0 spiro atoms. The van der Waals surface area contributed by atoms with Crippen LogP contribution in [0.2, 0.25) is 0 Å². The molecule has 1 atom stereocenters. The lowest BCUT2D eigenvalue weighted by Crippen LogP contribution is -2.37. The fraction of sp³-hybridized carbons (Fsp3) is 0.500. The number of piperidine rings is 1. The Kier molecular flexibility index (Phi) is 5.43. The Morgan fingerprint density at radius 2 is 1.88 bits per heavy atom. The summed E-state index contributed by atoms with van der Waals surface area (Å²) in [6.45, 7) is 2.06. The van der Waals surface area contributed by atoms with E-state index in [-0.39, 0.29) is 12.4 Å². The van der Waals surface area contributed by atoms with E-state index in [1.54, 1.807) is 7.11 Å². The highest BCUT2D eigenvalue weighted by molar-refractivity contribution is 5.85. The third-order valence-corrected chi connectivity index (χ3v) is 2.61. The topological polar surface area (TPSA) is 30.5 Å². The number of benzene rings is 1. The van der Waals surface area contributed by atoms with Crippen LogP contribution in [0.1, 0.15) is 12.8 Å². The summed E-state index contributed by atoms with van der Waals surface area (Å²) in [4.78, 5) is 0. The van der Waals surface area contributed by atoms with E-state index in [2.05, 4.69) is 5.32 Å². The van der Waals surface area contributed by atoms with E-state index in [1.807, 2.05) is 24.3 Å². The molecule has 1 aliphatic heterocycles. The second-order valence-corrected chi connectivity index (χ2v) is 3.76. The largest absolute Gasteiger partial charge is 0.497 e. The molecule has 1 heterocycles. The first-order valence-corrected chi connectivity index (χ1v) is 5.40. The van der Waals surface area contributed by atoms with Crippen molar-refractivity contribution in [3.63, 3.8) is 0 Å². The van der Waals surface area contributed by atoms with Crippen LogP contribution in [0.3, 0.4) is 0 Å². The van der Waals surface area contributed by atoms with Crippen LogP contribution in [0.5, 0.6) is 11.5 Å². The van der Waals surface area contributed by atoms with Gasteiger partial charge < -0.3 is 14.8 Å². The molecule has 4 heteroatoms. The zero-order valence-electron chi connectivity index (χ0n) is 9.44. The van der Waals surface area contributed by atoms with Crippen LogP contribution >= 0.6 is 12.4 Å². The van der Waals surface area contributed by atoms with Gasteiger partial charge in [0.2, 0.25) is 0 Å². The maximum absolute atomic E-state index is 5.84. The van der Waals surface area contributed by atoms with Crippen LogP contribution in [0.15, 0.2) is 24.3 Å². The molecule has 1 unspecified atom stereocenters. The molecule has 0 amide bonds. The van der Waals surface area contributed by atoms with Crippen LogP contribution in [0.4, 0.5) is 0 Å². The fourth-order valence-corrected chi connectivity index (χ4v) is 1.77. The predicted molar refractivity (Wildman–Crippen MR) is 66.8 cm³/mol. The lowest BCUT2D eigenvalue weighted by molar-refractivity contribution is 0.167. The second kappa shape index (κ2) is 6.61. The normalized spacial score (nSPS) is 19.7. The molecule has 2 rings (SSSR count). The average molecular weight is 244 g/mol. The molecule has 16 heavy (non-hydrogen) atoms. The van der Waals surface area contributed by atoms with Gasteiger partial charge in [-0.15, -0.1) is 12.4 Å². The highest BCUT2D eigenvalue weighted by Crippen LogP contribution is 2.19. The molecule has 0 radical (unpaired) electrons. The summed E-state index contributed by atoms with van der Waals surface area (Å²) >= 11 is 0. The van der Waals surface area contributed by atoms with Gasteiger partial charge in [-0.1, -0.05) is 0 Å². The van der Waals surface area contributed by atoms with E-state index in [0.717, 1.165) is 31.0 Å². The molecule has 0 aliphatic carbocycles. The molecule has 1 saturated heterocycles. The van der Waals surface area contributed by atoms with Gasteiger partial charge in [0.15, 0.2) is 0 Å². The maximum atomic E-state index is 5.84. The highest BCUT2D eigenvalue weighted by Gasteiger charge is 2.13. The summed E-state index contributed by atoms with van der Waals surface area (Å²) in [5.74, 6) is 1.79. The van der Waals surface area contributed by atoms with Crippen LogP contribution in [0, 0.1) is 0 Å². The van der Waals surface area contributed by atoms with E-state index in [4.69, 9.17) is 9.47 Å². The van der Waals surface area contributed by atoms with Crippen molar-refractivity contribution < 1.29 is 9.47 Å². The van der Waals surface area contributed by atoms with Crippen molar-refractivity contribution in [1.29, 1.82) is 0 Å². The van der Waals surface area contributed by atoms with Gasteiger partial charge in [0.1, 0.15) is 17.6 Å². The van der Waals surface area contributed by atoms with Crippen LogP contribution in [-0.2, 0) is 0 Å². The molecule has 0 bridgehead atoms. The van der Waals surface area contributed by atoms with Gasteiger partial charge in [-0.05, 0) is 43.7 Å². The standard InChI is InChI=1S/C12H17NO2.ClH/c1-14-10-4-6-11(7-5-10)15-12-3-2-8-13-9-12;/h4-7,12-13H,2-3,8-9H2,1H3;1H. The van der Waals surface area contributed by atoms with Gasteiger partial charge in [0.05, 0.1) is 7.11 Å². The second-order valence-electron chi connectivity index (χ2n) is 3.76. The van der Waals surface area contributed by atoms with E-state index in [0.29, 0.717) is 6.10 Å². The number of halogens is 1. The Morgan fingerprint density at radius 3 is 2.44 bits per heavy atom. The third kappa shape index (κ3) is 3.58. The average Bonchev–Trinajstić information content (AvgIpc) is 2.31. The molecule has 1 fully saturated rings. The summed E-state index contributed by atoms with van der Waals surface area (Å²) in [6.07, 6.45) is 2.65. The minimum Gasteiger partial charge on any atom is -0.497 e. The minimum absolute atomic E-state index is 0. The molecular formula is C12H18ClNO2. The Hall–Kier alpha value is -0.930. The zero-order chi connectivity index (χ0) is 10.5. The van der Waals surface area contributed by atoms with Crippen molar-refractivity contribution in [2.75, 3.05) is 20.2 Å². The Labute approximate surface area is 103 Å². The van der Waals surface area contributed by atoms with Crippen molar-refractivity contribution >= 4 is 12.4 Å². The zero-order valence-corrected chi connectivity index (χ0v) is 10.3. The van der Waals surface area contributed by atoms with Crippen LogP contribution in [0.25, 0.3) is 0 Å². The van der Waals surface area contributed by atoms with Gasteiger partial charge in [0, 0.05) is 6.54 Å². The number of hydrogen-bond donors (Lipinski definition) is 1. The van der Waals surface area contributed by atoms with Crippen LogP contribution < -0.4 is 14.8 Å². The first-order valence-electron chi connectivity index (χ1n) is 5.40. The number of nitrogens with one attached hydrogen (secondary N) is 1. The van der Waals surface area contributed by atoms with E-state index >= 15 is 0 Å². The van der Waals surface area contributed by atoms with Gasteiger partial charge in [-0.2, -0.15) is 0 Å². The number of rotatable bonds is 3. The van der Waals surface area contributed by atoms with Gasteiger partial charge >= 0.3 is 0 Å². The third-order valence-electron chi connectivity index (χ3n) is 2.61. The molecule has 0 aromatic heterocycles. The summed E-state index contributed by atoms with van der Waals surface area (Å²) in [5.41, 5.74) is 0. The molecular weight excluding hydrogens is 226 g/mol. The van der Waals surface area contributed by atoms with Gasteiger partial charge in [-0.25, -0.2) is 0 Å².